The van der Waals surface area contributed by atoms with Gasteiger partial charge in [0.25, 0.3) is 5.91 Å². The lowest BCUT2D eigenvalue weighted by atomic mass is 10.1. The summed E-state index contributed by atoms with van der Waals surface area (Å²) in [5, 5.41) is 10.5. The zero-order valence-corrected chi connectivity index (χ0v) is 18.2. The van der Waals surface area contributed by atoms with Gasteiger partial charge in [-0.15, -0.1) is 0 Å². The fraction of sp³-hybridized carbons (Fsp3) is 0.375. The largest absolute Gasteiger partial charge is 0.378 e. The molecular weight excluding hydrogens is 428 g/mol. The molecule has 0 spiro atoms. The normalized spacial score (nSPS) is 20.5. The van der Waals surface area contributed by atoms with Crippen LogP contribution in [0.1, 0.15) is 35.2 Å². The Morgan fingerprint density at radius 3 is 2.79 bits per heavy atom. The summed E-state index contributed by atoms with van der Waals surface area (Å²) in [6.07, 6.45) is 8.21. The first-order valence-electron chi connectivity index (χ1n) is 11.1. The predicted molar refractivity (Wildman–Crippen MR) is 120 cm³/mol. The molecule has 1 saturated carbocycles. The van der Waals surface area contributed by atoms with Crippen molar-refractivity contribution in [1.82, 2.24) is 20.1 Å². The van der Waals surface area contributed by atoms with Crippen molar-refractivity contribution < 1.29 is 18.3 Å². The van der Waals surface area contributed by atoms with Crippen LogP contribution in [0.4, 0.5) is 14.5 Å². The molecule has 2 N–H and O–H groups in total. The number of carbonyl (C=O) groups is 1. The summed E-state index contributed by atoms with van der Waals surface area (Å²) in [7, 11) is 0. The van der Waals surface area contributed by atoms with Crippen LogP contribution >= 0.6 is 0 Å². The molecule has 0 bridgehead atoms. The summed E-state index contributed by atoms with van der Waals surface area (Å²) < 4.78 is 35.3. The van der Waals surface area contributed by atoms with Gasteiger partial charge in [-0.2, -0.15) is 5.10 Å². The highest BCUT2D eigenvalue weighted by Gasteiger charge is 2.26. The average molecular weight is 453 g/mol. The van der Waals surface area contributed by atoms with Crippen molar-refractivity contribution in [3.63, 3.8) is 0 Å². The van der Waals surface area contributed by atoms with Crippen LogP contribution < -0.4 is 10.6 Å². The number of carbonyl (C=O) groups excluding carboxylic acids is 1. The van der Waals surface area contributed by atoms with Crippen molar-refractivity contribution in [2.75, 3.05) is 18.5 Å². The van der Waals surface area contributed by atoms with E-state index in [9.17, 15) is 13.6 Å². The molecule has 1 saturated heterocycles. The van der Waals surface area contributed by atoms with Gasteiger partial charge >= 0.3 is 0 Å². The maximum absolute atomic E-state index is 14.5. The molecule has 1 aliphatic carbocycles. The van der Waals surface area contributed by atoms with Crippen molar-refractivity contribution in [2.24, 2.45) is 0 Å². The number of benzene rings is 1. The molecule has 2 fully saturated rings. The fourth-order valence-electron chi connectivity index (χ4n) is 3.93. The number of alkyl halides is 1. The highest BCUT2D eigenvalue weighted by atomic mass is 19.1. The van der Waals surface area contributed by atoms with Crippen molar-refractivity contribution in [3.05, 3.63) is 59.9 Å². The number of hydrogen-bond donors (Lipinski definition) is 2. The highest BCUT2D eigenvalue weighted by Crippen LogP contribution is 2.26. The first-order chi connectivity index (χ1) is 16.0. The number of ether oxygens (including phenoxy) is 1. The van der Waals surface area contributed by atoms with Gasteiger partial charge < -0.3 is 15.4 Å². The second-order valence-corrected chi connectivity index (χ2v) is 8.63. The van der Waals surface area contributed by atoms with E-state index >= 15 is 0 Å². The van der Waals surface area contributed by atoms with Gasteiger partial charge in [0.15, 0.2) is 0 Å². The lowest BCUT2D eigenvalue weighted by Crippen LogP contribution is -2.39. The van der Waals surface area contributed by atoms with Gasteiger partial charge in [-0.05, 0) is 49.9 Å². The highest BCUT2D eigenvalue weighted by molar-refractivity contribution is 5.95. The Kier molecular flexibility index (Phi) is 5.80. The first kappa shape index (κ1) is 21.5. The fourth-order valence-corrected chi connectivity index (χ4v) is 3.93. The smallest absolute Gasteiger partial charge is 0.254 e. The molecular formula is C24H25F2N5O2. The topological polar surface area (TPSA) is 81.1 Å². The van der Waals surface area contributed by atoms with Crippen molar-refractivity contribution in [2.45, 2.75) is 44.4 Å². The maximum atomic E-state index is 14.5. The zero-order chi connectivity index (χ0) is 22.9. The third kappa shape index (κ3) is 4.73. The number of pyridine rings is 1. The van der Waals surface area contributed by atoms with Gasteiger partial charge in [-0.3, -0.25) is 9.78 Å². The minimum Gasteiger partial charge on any atom is -0.378 e. The summed E-state index contributed by atoms with van der Waals surface area (Å²) in [6, 6.07) is 4.59. The van der Waals surface area contributed by atoms with E-state index in [4.69, 9.17) is 4.74 Å². The average Bonchev–Trinajstić information content (AvgIpc) is 3.47. The number of rotatable bonds is 6. The maximum Gasteiger partial charge on any atom is 0.254 e. The summed E-state index contributed by atoms with van der Waals surface area (Å²) in [4.78, 5) is 16.7. The van der Waals surface area contributed by atoms with Crippen LogP contribution in [0.2, 0.25) is 0 Å². The Morgan fingerprint density at radius 2 is 2.00 bits per heavy atom. The molecule has 1 amide bonds. The van der Waals surface area contributed by atoms with Gasteiger partial charge in [-0.1, -0.05) is 0 Å². The number of aromatic nitrogens is 3. The van der Waals surface area contributed by atoms with Gasteiger partial charge in [-0.25, -0.2) is 13.5 Å². The Bertz CT molecular complexity index is 1180. The molecule has 3 heterocycles. The van der Waals surface area contributed by atoms with Crippen LogP contribution in [0.3, 0.4) is 0 Å². The SMILES string of the molecule is Cc1cc(F)c(C(=O)NC2CC2)cc1-n1cc(-c2cncc(N[C@H]3CCOC[C@H]3F)c2)cn1. The molecule has 1 aromatic carbocycles. The molecule has 3 aromatic rings. The van der Waals surface area contributed by atoms with Crippen molar-refractivity contribution in [1.29, 1.82) is 0 Å². The lowest BCUT2D eigenvalue weighted by Gasteiger charge is -2.27. The van der Waals surface area contributed by atoms with Gasteiger partial charge in [0.05, 0.1) is 35.8 Å². The first-order valence-corrected chi connectivity index (χ1v) is 11.1. The van der Waals surface area contributed by atoms with Crippen LogP contribution in [-0.2, 0) is 4.74 Å². The minimum absolute atomic E-state index is 0.00431. The molecule has 33 heavy (non-hydrogen) atoms. The summed E-state index contributed by atoms with van der Waals surface area (Å²) >= 11 is 0. The number of aryl methyl sites for hydroxylation is 1. The zero-order valence-electron chi connectivity index (χ0n) is 18.2. The van der Waals surface area contributed by atoms with Crippen LogP contribution in [0.5, 0.6) is 0 Å². The van der Waals surface area contributed by atoms with Crippen LogP contribution in [-0.4, -0.2) is 52.1 Å². The number of nitrogens with zero attached hydrogens (tertiary/aromatic N) is 3. The second kappa shape index (κ2) is 8.90. The number of nitrogens with one attached hydrogen (secondary N) is 2. The van der Waals surface area contributed by atoms with Crippen molar-refractivity contribution >= 4 is 11.6 Å². The van der Waals surface area contributed by atoms with Crippen LogP contribution in [0.25, 0.3) is 16.8 Å². The lowest BCUT2D eigenvalue weighted by molar-refractivity contribution is 0.0286. The van der Waals surface area contributed by atoms with Gasteiger partial charge in [0.2, 0.25) is 0 Å². The molecule has 0 unspecified atom stereocenters. The molecule has 9 heteroatoms. The minimum atomic E-state index is -1.07. The second-order valence-electron chi connectivity index (χ2n) is 8.63. The standard InChI is InChI=1S/C24H25F2N5O2/c1-14-6-20(25)19(24(32)30-17-2-3-17)8-23(14)31-12-16(10-28-31)15-7-18(11-27-9-15)29-22-4-5-33-13-21(22)26/h6-12,17,21-22,29H,2-5,13H2,1H3,(H,30,32)/t21-,22+/m1/s1. The Morgan fingerprint density at radius 1 is 1.15 bits per heavy atom. The van der Waals surface area contributed by atoms with E-state index in [0.717, 1.165) is 24.0 Å². The van der Waals surface area contributed by atoms with E-state index in [2.05, 4.69) is 20.7 Å². The monoisotopic (exact) mass is 453 g/mol. The van der Waals surface area contributed by atoms with E-state index in [-0.39, 0.29) is 24.3 Å². The molecule has 5 rings (SSSR count). The van der Waals surface area contributed by atoms with Crippen molar-refractivity contribution in [3.8, 4) is 16.8 Å². The van der Waals surface area contributed by atoms with Gasteiger partial charge in [0, 0.05) is 42.4 Å². The van der Waals surface area contributed by atoms with E-state index in [0.29, 0.717) is 30.0 Å². The number of halogens is 2. The Balaban J connectivity index is 1.39. The van der Waals surface area contributed by atoms with E-state index in [1.165, 1.54) is 12.1 Å². The van der Waals surface area contributed by atoms with E-state index < -0.39 is 17.9 Å². The molecule has 2 aliphatic rings. The Hall–Kier alpha value is -3.33. The van der Waals surface area contributed by atoms with E-state index in [1.54, 1.807) is 36.4 Å². The van der Waals surface area contributed by atoms with Crippen LogP contribution in [0, 0.1) is 12.7 Å². The van der Waals surface area contributed by atoms with Gasteiger partial charge in [0.1, 0.15) is 12.0 Å². The molecule has 0 radical (unpaired) electrons. The van der Waals surface area contributed by atoms with E-state index in [1.807, 2.05) is 6.07 Å². The number of amides is 1. The predicted octanol–water partition coefficient (Wildman–Crippen LogP) is 3.81. The summed E-state index contributed by atoms with van der Waals surface area (Å²) in [5.74, 6) is -0.963. The quantitative estimate of drug-likeness (QED) is 0.593. The third-order valence-electron chi connectivity index (χ3n) is 5.98. The molecule has 2 aromatic heterocycles. The number of anilines is 1. The Labute approximate surface area is 190 Å². The third-order valence-corrected chi connectivity index (χ3v) is 5.98. The summed E-state index contributed by atoms with van der Waals surface area (Å²) in [6.45, 7) is 2.39. The molecule has 172 valence electrons. The molecule has 7 nitrogen and oxygen atoms in total. The number of hydrogen-bond acceptors (Lipinski definition) is 5. The molecule has 2 atom stereocenters. The van der Waals surface area contributed by atoms with Crippen LogP contribution in [0.15, 0.2) is 43.0 Å². The summed E-state index contributed by atoms with van der Waals surface area (Å²) in [5.41, 5.74) is 3.60. The molecule has 1 aliphatic heterocycles.